The molecule has 0 aromatic carbocycles. The van der Waals surface area contributed by atoms with Crippen molar-refractivity contribution in [2.45, 2.75) is 10.6 Å². The number of thiophene rings is 1. The molecule has 7 heteroatoms. The zero-order chi connectivity index (χ0) is 13.2. The summed E-state index contributed by atoms with van der Waals surface area (Å²) in [6.07, 6.45) is 1.71. The molecule has 0 bridgehead atoms. The molecule has 0 aliphatic rings. The van der Waals surface area contributed by atoms with Crippen LogP contribution in [0.1, 0.15) is 5.82 Å². The summed E-state index contributed by atoms with van der Waals surface area (Å²) in [5, 5.41) is 1.87. The van der Waals surface area contributed by atoms with Crippen LogP contribution in [0.5, 0.6) is 0 Å². The van der Waals surface area contributed by atoms with Gasteiger partial charge in [0.15, 0.2) is 0 Å². The first-order valence-electron chi connectivity index (χ1n) is 5.53. The van der Waals surface area contributed by atoms with Crippen LogP contribution < -0.4 is 11.3 Å². The van der Waals surface area contributed by atoms with Crippen LogP contribution in [0.15, 0.2) is 39.5 Å². The summed E-state index contributed by atoms with van der Waals surface area (Å²) in [6.45, 7) is 0. The van der Waals surface area contributed by atoms with Crippen LogP contribution in [0, 0.1) is 0 Å². The standard InChI is InChI=1S/C12H10N4OS2/c13-9-2-1-7(5-14-9)19-6-10-15-8-3-4-18-11(8)12(17)16-10/h1-5H,6H2,(H2,13,14)(H,15,16,17). The fourth-order valence-electron chi connectivity index (χ4n) is 1.62. The Morgan fingerprint density at radius 1 is 1.37 bits per heavy atom. The average Bonchev–Trinajstić information content (AvgIpc) is 2.87. The molecule has 3 aromatic heterocycles. The van der Waals surface area contributed by atoms with Crippen LogP contribution in [0.2, 0.25) is 0 Å². The summed E-state index contributed by atoms with van der Waals surface area (Å²) in [5.41, 5.74) is 6.20. The van der Waals surface area contributed by atoms with Crippen LogP contribution in [-0.2, 0) is 5.75 Å². The molecule has 0 aliphatic heterocycles. The highest BCUT2D eigenvalue weighted by molar-refractivity contribution is 7.98. The van der Waals surface area contributed by atoms with Crippen molar-refractivity contribution in [1.82, 2.24) is 15.0 Å². The van der Waals surface area contributed by atoms with Crippen LogP contribution in [0.4, 0.5) is 5.82 Å². The molecule has 0 saturated heterocycles. The van der Waals surface area contributed by atoms with E-state index in [1.807, 2.05) is 17.5 Å². The van der Waals surface area contributed by atoms with Crippen molar-refractivity contribution in [2.75, 3.05) is 5.73 Å². The minimum absolute atomic E-state index is 0.0777. The van der Waals surface area contributed by atoms with Crippen molar-refractivity contribution in [3.05, 3.63) is 46.0 Å². The van der Waals surface area contributed by atoms with Gasteiger partial charge in [-0.3, -0.25) is 4.79 Å². The van der Waals surface area contributed by atoms with E-state index in [1.165, 1.54) is 11.3 Å². The number of pyridine rings is 1. The van der Waals surface area contributed by atoms with Crippen molar-refractivity contribution in [3.63, 3.8) is 0 Å². The van der Waals surface area contributed by atoms with Gasteiger partial charge in [-0.2, -0.15) is 0 Å². The molecule has 3 aromatic rings. The molecule has 96 valence electrons. The molecule has 0 atom stereocenters. The van der Waals surface area contributed by atoms with Gasteiger partial charge >= 0.3 is 0 Å². The Morgan fingerprint density at radius 2 is 2.26 bits per heavy atom. The summed E-state index contributed by atoms with van der Waals surface area (Å²) in [5.74, 6) is 1.75. The Kier molecular flexibility index (Phi) is 3.22. The molecule has 0 spiro atoms. The van der Waals surface area contributed by atoms with Gasteiger partial charge in [0.2, 0.25) is 0 Å². The number of rotatable bonds is 3. The second kappa shape index (κ2) is 5.02. The van der Waals surface area contributed by atoms with Gasteiger partial charge in [-0.05, 0) is 23.6 Å². The molecular weight excluding hydrogens is 280 g/mol. The molecule has 19 heavy (non-hydrogen) atoms. The van der Waals surface area contributed by atoms with Gasteiger partial charge in [-0.1, -0.05) is 0 Å². The molecule has 0 fully saturated rings. The Morgan fingerprint density at radius 3 is 3.05 bits per heavy atom. The van der Waals surface area contributed by atoms with Crippen LogP contribution in [0.25, 0.3) is 10.2 Å². The second-order valence-electron chi connectivity index (χ2n) is 3.86. The monoisotopic (exact) mass is 290 g/mol. The van der Waals surface area contributed by atoms with E-state index in [9.17, 15) is 4.79 Å². The van der Waals surface area contributed by atoms with E-state index in [1.54, 1.807) is 24.0 Å². The smallest absolute Gasteiger partial charge is 0.268 e. The number of hydrogen-bond donors (Lipinski definition) is 2. The van der Waals surface area contributed by atoms with Crippen molar-refractivity contribution in [3.8, 4) is 0 Å². The highest BCUT2D eigenvalue weighted by Crippen LogP contribution is 2.21. The first kappa shape index (κ1) is 12.2. The predicted octanol–water partition coefficient (Wildman–Crippen LogP) is 2.25. The molecule has 0 radical (unpaired) electrons. The van der Waals surface area contributed by atoms with Crippen molar-refractivity contribution >= 4 is 39.1 Å². The summed E-state index contributed by atoms with van der Waals surface area (Å²) < 4.78 is 0.669. The number of nitrogens with one attached hydrogen (secondary N) is 1. The van der Waals surface area contributed by atoms with E-state index in [2.05, 4.69) is 15.0 Å². The van der Waals surface area contributed by atoms with Gasteiger partial charge in [0.05, 0.1) is 11.3 Å². The maximum absolute atomic E-state index is 11.8. The quantitative estimate of drug-likeness (QED) is 0.723. The summed E-state index contributed by atoms with van der Waals surface area (Å²) in [4.78, 5) is 24.0. The van der Waals surface area contributed by atoms with Gasteiger partial charge in [0.25, 0.3) is 5.56 Å². The number of nitrogens with two attached hydrogens (primary N) is 1. The van der Waals surface area contributed by atoms with E-state index >= 15 is 0 Å². The molecule has 0 amide bonds. The minimum atomic E-state index is -0.0777. The number of fused-ring (bicyclic) bond motifs is 1. The molecule has 5 nitrogen and oxygen atoms in total. The Balaban J connectivity index is 1.81. The fraction of sp³-hybridized carbons (Fsp3) is 0.0833. The molecule has 3 rings (SSSR count). The molecule has 3 N–H and O–H groups in total. The van der Waals surface area contributed by atoms with Gasteiger partial charge in [0, 0.05) is 11.1 Å². The molecular formula is C12H10N4OS2. The van der Waals surface area contributed by atoms with E-state index < -0.39 is 0 Å². The normalized spacial score (nSPS) is 10.9. The molecule has 0 aliphatic carbocycles. The number of aromatic nitrogens is 3. The number of H-pyrrole nitrogens is 1. The van der Waals surface area contributed by atoms with Crippen molar-refractivity contribution < 1.29 is 0 Å². The largest absolute Gasteiger partial charge is 0.384 e. The fourth-order valence-corrected chi connectivity index (χ4v) is 3.08. The van der Waals surface area contributed by atoms with Crippen LogP contribution in [-0.4, -0.2) is 15.0 Å². The van der Waals surface area contributed by atoms with Gasteiger partial charge in [0.1, 0.15) is 16.3 Å². The second-order valence-corrected chi connectivity index (χ2v) is 5.82. The highest BCUT2D eigenvalue weighted by Gasteiger charge is 2.05. The third kappa shape index (κ3) is 2.61. The van der Waals surface area contributed by atoms with E-state index in [0.29, 0.717) is 22.1 Å². The van der Waals surface area contributed by atoms with Gasteiger partial charge in [-0.25, -0.2) is 9.97 Å². The molecule has 0 saturated carbocycles. The summed E-state index contributed by atoms with van der Waals surface area (Å²) >= 11 is 2.96. The van der Waals surface area contributed by atoms with Crippen molar-refractivity contribution in [2.24, 2.45) is 0 Å². The SMILES string of the molecule is Nc1ccc(SCc2nc3ccsc3c(=O)[nH]2)cn1. The van der Waals surface area contributed by atoms with Crippen LogP contribution >= 0.6 is 23.1 Å². The Bertz CT molecular complexity index is 763. The maximum Gasteiger partial charge on any atom is 0.268 e. The number of thioether (sulfide) groups is 1. The third-order valence-corrected chi connectivity index (χ3v) is 4.39. The minimum Gasteiger partial charge on any atom is -0.384 e. The Labute approximate surface area is 116 Å². The predicted molar refractivity (Wildman–Crippen MR) is 78.5 cm³/mol. The van der Waals surface area contributed by atoms with E-state index in [4.69, 9.17) is 5.73 Å². The topological polar surface area (TPSA) is 84.7 Å². The number of hydrogen-bond acceptors (Lipinski definition) is 6. The summed E-state index contributed by atoms with van der Waals surface area (Å²) in [7, 11) is 0. The van der Waals surface area contributed by atoms with E-state index in [0.717, 1.165) is 10.4 Å². The summed E-state index contributed by atoms with van der Waals surface area (Å²) in [6, 6.07) is 5.50. The lowest BCUT2D eigenvalue weighted by Gasteiger charge is -2.01. The average molecular weight is 290 g/mol. The molecule has 0 unspecified atom stereocenters. The number of nitrogen functional groups attached to an aromatic ring is 1. The first-order valence-corrected chi connectivity index (χ1v) is 7.39. The highest BCUT2D eigenvalue weighted by atomic mass is 32.2. The van der Waals surface area contributed by atoms with Crippen molar-refractivity contribution in [1.29, 1.82) is 0 Å². The molecule has 3 heterocycles. The third-order valence-electron chi connectivity index (χ3n) is 2.50. The van der Waals surface area contributed by atoms with Gasteiger partial charge in [-0.15, -0.1) is 23.1 Å². The maximum atomic E-state index is 11.8. The number of nitrogens with zero attached hydrogens (tertiary/aromatic N) is 2. The Hall–Kier alpha value is -1.86. The van der Waals surface area contributed by atoms with Gasteiger partial charge < -0.3 is 10.7 Å². The lowest BCUT2D eigenvalue weighted by atomic mass is 10.4. The zero-order valence-corrected chi connectivity index (χ0v) is 11.4. The number of aromatic amines is 1. The zero-order valence-electron chi connectivity index (χ0n) is 9.79. The number of anilines is 1. The first-order chi connectivity index (χ1) is 9.22. The lowest BCUT2D eigenvalue weighted by molar-refractivity contribution is 1.04. The van der Waals surface area contributed by atoms with E-state index in [-0.39, 0.29) is 5.56 Å². The van der Waals surface area contributed by atoms with Crippen LogP contribution in [0.3, 0.4) is 0 Å². The lowest BCUT2D eigenvalue weighted by Crippen LogP contribution is -2.09.